The van der Waals surface area contributed by atoms with E-state index in [1.54, 1.807) is 0 Å². The number of aliphatic hydroxyl groups excluding tert-OH is 1. The molecule has 6 atom stereocenters. The van der Waals surface area contributed by atoms with Crippen molar-refractivity contribution in [3.8, 4) is 0 Å². The predicted octanol–water partition coefficient (Wildman–Crippen LogP) is 25.6. The molecule has 3 unspecified atom stereocenters. The molecule has 0 aliphatic heterocycles. The third kappa shape index (κ3) is 76.8. The molecule has 0 bridgehead atoms. The first-order valence-corrected chi connectivity index (χ1v) is 46.7. The van der Waals surface area contributed by atoms with Gasteiger partial charge in [-0.3, -0.25) is 37.3 Å². The second-order valence-corrected chi connectivity index (χ2v) is 35.2. The molecular formula is C85H166O17P2. The normalized spacial score (nSPS) is 14.2. The number of phosphoric ester groups is 2. The smallest absolute Gasteiger partial charge is 0.462 e. The first kappa shape index (κ1) is 102. The zero-order valence-electron chi connectivity index (χ0n) is 68.7. The number of aliphatic hydroxyl groups is 1. The Bertz CT molecular complexity index is 2030. The van der Waals surface area contributed by atoms with Crippen LogP contribution in [0.3, 0.4) is 0 Å². The maximum atomic E-state index is 13.1. The average Bonchev–Trinajstić information content (AvgIpc) is 0.909. The Morgan fingerprint density at radius 2 is 0.462 bits per heavy atom. The Kier molecular flexibility index (Phi) is 72.5. The van der Waals surface area contributed by atoms with Crippen molar-refractivity contribution in [3.05, 3.63) is 0 Å². The molecule has 104 heavy (non-hydrogen) atoms. The summed E-state index contributed by atoms with van der Waals surface area (Å²) in [6.07, 6.45) is 62.3. The molecule has 0 aliphatic rings. The van der Waals surface area contributed by atoms with E-state index in [2.05, 4.69) is 55.4 Å². The first-order valence-electron chi connectivity index (χ1n) is 43.7. The van der Waals surface area contributed by atoms with Crippen LogP contribution in [-0.4, -0.2) is 96.7 Å². The van der Waals surface area contributed by atoms with Crippen LogP contribution in [0.5, 0.6) is 0 Å². The van der Waals surface area contributed by atoms with E-state index in [4.69, 9.17) is 37.0 Å². The summed E-state index contributed by atoms with van der Waals surface area (Å²) >= 11 is 0. The monoisotopic (exact) mass is 1520 g/mol. The molecule has 3 N–H and O–H groups in total. The minimum Gasteiger partial charge on any atom is -0.462 e. The van der Waals surface area contributed by atoms with Crippen LogP contribution in [0.2, 0.25) is 0 Å². The molecule has 0 amide bonds. The fraction of sp³-hybridized carbons (Fsp3) is 0.953. The SMILES string of the molecule is CCC(C)CCCCCCCCCCCCCCCCC(=O)OC[C@H](COP(=O)(O)OC[C@@H](O)COP(=O)(O)OC[C@@H](COC(=O)CCCCCCCCCCCC(C)C)OC(=O)CCCCCCCCCCCCCCCC(C)C)OC(=O)CCCCCCCCCCCCCCCCCC(C)C. The van der Waals surface area contributed by atoms with Gasteiger partial charge < -0.3 is 33.8 Å². The fourth-order valence-corrected chi connectivity index (χ4v) is 14.7. The van der Waals surface area contributed by atoms with Gasteiger partial charge >= 0.3 is 39.5 Å². The van der Waals surface area contributed by atoms with E-state index in [0.717, 1.165) is 114 Å². The molecule has 0 spiro atoms. The number of hydrogen-bond donors (Lipinski definition) is 3. The van der Waals surface area contributed by atoms with Gasteiger partial charge in [-0.1, -0.05) is 389 Å². The van der Waals surface area contributed by atoms with Crippen LogP contribution in [0.4, 0.5) is 0 Å². The summed E-state index contributed by atoms with van der Waals surface area (Å²) in [5, 5.41) is 10.7. The number of esters is 4. The lowest BCUT2D eigenvalue weighted by Gasteiger charge is -2.21. The van der Waals surface area contributed by atoms with E-state index in [0.29, 0.717) is 25.7 Å². The molecule has 0 heterocycles. The van der Waals surface area contributed by atoms with Crippen LogP contribution in [0.25, 0.3) is 0 Å². The van der Waals surface area contributed by atoms with Gasteiger partial charge in [-0.05, 0) is 49.4 Å². The highest BCUT2D eigenvalue weighted by Crippen LogP contribution is 2.45. The number of phosphoric acid groups is 2. The lowest BCUT2D eigenvalue weighted by Crippen LogP contribution is -2.30. The Labute approximate surface area is 638 Å². The third-order valence-corrected chi connectivity index (χ3v) is 22.1. The van der Waals surface area contributed by atoms with E-state index in [1.807, 2.05) is 0 Å². The van der Waals surface area contributed by atoms with Crippen molar-refractivity contribution in [1.29, 1.82) is 0 Å². The van der Waals surface area contributed by atoms with Crippen molar-refractivity contribution in [1.82, 2.24) is 0 Å². The highest BCUT2D eigenvalue weighted by Gasteiger charge is 2.30. The molecule has 19 heteroatoms. The summed E-state index contributed by atoms with van der Waals surface area (Å²) in [5.41, 5.74) is 0. The van der Waals surface area contributed by atoms with Crippen LogP contribution in [0.1, 0.15) is 441 Å². The van der Waals surface area contributed by atoms with Gasteiger partial charge in [-0.25, -0.2) is 9.13 Å². The first-order chi connectivity index (χ1) is 50.1. The lowest BCUT2D eigenvalue weighted by atomic mass is 9.99. The van der Waals surface area contributed by atoms with E-state index in [1.165, 1.54) is 244 Å². The number of rotatable bonds is 82. The Morgan fingerprint density at radius 1 is 0.269 bits per heavy atom. The van der Waals surface area contributed by atoms with Gasteiger partial charge in [0.25, 0.3) is 0 Å². The van der Waals surface area contributed by atoms with Crippen molar-refractivity contribution in [2.45, 2.75) is 459 Å². The molecule has 0 aromatic rings. The van der Waals surface area contributed by atoms with Gasteiger partial charge in [-0.2, -0.15) is 0 Å². The van der Waals surface area contributed by atoms with Crippen molar-refractivity contribution in [2.24, 2.45) is 23.7 Å². The quantitative estimate of drug-likeness (QED) is 0.0222. The fourth-order valence-electron chi connectivity index (χ4n) is 13.1. The zero-order valence-corrected chi connectivity index (χ0v) is 70.5. The molecule has 17 nitrogen and oxygen atoms in total. The summed E-state index contributed by atoms with van der Waals surface area (Å²) in [5.74, 6) is 1.08. The Balaban J connectivity index is 5.27. The highest BCUT2D eigenvalue weighted by molar-refractivity contribution is 7.47. The van der Waals surface area contributed by atoms with Crippen molar-refractivity contribution >= 4 is 39.5 Å². The summed E-state index contributed by atoms with van der Waals surface area (Å²) in [6.45, 7) is 14.4. The molecule has 0 aromatic carbocycles. The lowest BCUT2D eigenvalue weighted by molar-refractivity contribution is -0.161. The summed E-state index contributed by atoms with van der Waals surface area (Å²) in [4.78, 5) is 73.2. The molecule has 0 radical (unpaired) electrons. The number of unbranched alkanes of at least 4 members (excludes halogenated alkanes) is 47. The average molecular weight is 1520 g/mol. The minimum absolute atomic E-state index is 0.107. The van der Waals surface area contributed by atoms with Crippen LogP contribution in [0.15, 0.2) is 0 Å². The number of hydrogen-bond acceptors (Lipinski definition) is 15. The van der Waals surface area contributed by atoms with Crippen LogP contribution < -0.4 is 0 Å². The van der Waals surface area contributed by atoms with Crippen molar-refractivity contribution in [2.75, 3.05) is 39.6 Å². The minimum atomic E-state index is -4.97. The van der Waals surface area contributed by atoms with Crippen LogP contribution >= 0.6 is 15.6 Å². The second-order valence-electron chi connectivity index (χ2n) is 32.2. The third-order valence-electron chi connectivity index (χ3n) is 20.2. The maximum Gasteiger partial charge on any atom is 0.472 e. The second kappa shape index (κ2) is 73.8. The molecule has 0 rings (SSSR count). The Morgan fingerprint density at radius 3 is 0.683 bits per heavy atom. The largest absolute Gasteiger partial charge is 0.472 e. The van der Waals surface area contributed by atoms with E-state index in [-0.39, 0.29) is 25.7 Å². The molecule has 0 aliphatic carbocycles. The van der Waals surface area contributed by atoms with Crippen molar-refractivity contribution in [3.63, 3.8) is 0 Å². The van der Waals surface area contributed by atoms with E-state index < -0.39 is 97.5 Å². The molecule has 618 valence electrons. The van der Waals surface area contributed by atoms with Crippen LogP contribution in [0, 0.1) is 23.7 Å². The van der Waals surface area contributed by atoms with Crippen molar-refractivity contribution < 1.29 is 80.2 Å². The molecular weight excluding hydrogens is 1350 g/mol. The van der Waals surface area contributed by atoms with Gasteiger partial charge in [0.05, 0.1) is 26.4 Å². The predicted molar refractivity (Wildman–Crippen MR) is 428 cm³/mol. The topological polar surface area (TPSA) is 237 Å². The van der Waals surface area contributed by atoms with Gasteiger partial charge in [0, 0.05) is 25.7 Å². The molecule has 0 saturated carbocycles. The van der Waals surface area contributed by atoms with Gasteiger partial charge in [0.15, 0.2) is 12.2 Å². The Hall–Kier alpha value is -1.94. The van der Waals surface area contributed by atoms with Gasteiger partial charge in [-0.15, -0.1) is 0 Å². The number of ether oxygens (including phenoxy) is 4. The molecule has 0 saturated heterocycles. The van der Waals surface area contributed by atoms with Gasteiger partial charge in [0.2, 0.25) is 0 Å². The van der Waals surface area contributed by atoms with Crippen LogP contribution in [-0.2, 0) is 65.4 Å². The molecule has 0 fully saturated rings. The van der Waals surface area contributed by atoms with E-state index in [9.17, 15) is 43.2 Å². The highest BCUT2D eigenvalue weighted by atomic mass is 31.2. The summed E-state index contributed by atoms with van der Waals surface area (Å²) in [7, 11) is -9.93. The number of carbonyl (C=O) groups is 4. The van der Waals surface area contributed by atoms with Gasteiger partial charge in [0.1, 0.15) is 19.3 Å². The van der Waals surface area contributed by atoms with E-state index >= 15 is 0 Å². The summed E-state index contributed by atoms with van der Waals surface area (Å²) in [6, 6.07) is 0. The summed E-state index contributed by atoms with van der Waals surface area (Å²) < 4.78 is 68.9. The zero-order chi connectivity index (χ0) is 76.7. The maximum absolute atomic E-state index is 13.1. The standard InChI is InChI=1S/C85H166O17P2/c1-9-78(8)64-56-48-40-32-24-18-13-14-19-25-33-41-49-57-65-82(87)95-71-80(101-84(89)67-59-51-43-34-26-20-12-10-11-16-22-29-37-45-53-61-75(2)3)73-99-103(91,92)97-69-79(86)70-98-104(93,94)100-74-81(72-96-83(88)66-58-50-42-36-28-31-39-47-55-63-77(6)7)102-85(90)68-60-52-44-35-27-21-15-17-23-30-38-46-54-62-76(4)5/h75-81,86H,9-74H2,1-8H3,(H,91,92)(H,93,94)/t78?,79-,80-,81-/m1/s1. The molecule has 0 aromatic heterocycles. The number of carbonyl (C=O) groups excluding carboxylic acids is 4.